The maximum Gasteiger partial charge on any atom is 0.253 e. The number of methoxy groups -OCH3 is 1. The highest BCUT2D eigenvalue weighted by atomic mass is 16.5. The Morgan fingerprint density at radius 1 is 1.43 bits per heavy atom. The van der Waals surface area contributed by atoms with Gasteiger partial charge in [0.15, 0.2) is 0 Å². The third kappa shape index (κ3) is 2.14. The van der Waals surface area contributed by atoms with Crippen molar-refractivity contribution < 1.29 is 14.3 Å². The van der Waals surface area contributed by atoms with Crippen LogP contribution in [0.1, 0.15) is 28.9 Å². The molecule has 1 N–H and O–H groups in total. The zero-order valence-electron chi connectivity index (χ0n) is 13.8. The van der Waals surface area contributed by atoms with Gasteiger partial charge in [0.25, 0.3) is 5.91 Å². The summed E-state index contributed by atoms with van der Waals surface area (Å²) >= 11 is 0. The second-order valence-electron chi connectivity index (χ2n) is 6.58. The van der Waals surface area contributed by atoms with Crippen LogP contribution in [-0.4, -0.2) is 36.3 Å². The van der Waals surface area contributed by atoms with Gasteiger partial charge in [-0.2, -0.15) is 0 Å². The fourth-order valence-corrected chi connectivity index (χ4v) is 3.97. The lowest BCUT2D eigenvalue weighted by Gasteiger charge is -2.39. The Labute approximate surface area is 135 Å². The molecule has 0 radical (unpaired) electrons. The molecule has 1 saturated heterocycles. The zero-order chi connectivity index (χ0) is 16.1. The predicted molar refractivity (Wildman–Crippen MR) is 87.9 cm³/mol. The van der Waals surface area contributed by atoms with Gasteiger partial charge < -0.3 is 19.4 Å². The second kappa shape index (κ2) is 5.27. The standard InChI is InChI=1S/C18H22N2O3/c1-10-17(13-8-11(22-3)4-5-15(13)20(10)2)18(21)19-14-9-16-12(14)6-7-23-16/h4-5,8,12,14,16H,6-7,9H2,1-3H3,(H,19,21)/t12-,14+,16+/m0/s1. The average Bonchev–Trinajstić information content (AvgIpc) is 3.03. The summed E-state index contributed by atoms with van der Waals surface area (Å²) in [4.78, 5) is 12.9. The normalized spacial score (nSPS) is 26.0. The van der Waals surface area contributed by atoms with Crippen LogP contribution >= 0.6 is 0 Å². The number of aromatic nitrogens is 1. The highest BCUT2D eigenvalue weighted by Gasteiger charge is 2.46. The van der Waals surface area contributed by atoms with Gasteiger partial charge >= 0.3 is 0 Å². The molecule has 2 aliphatic rings. The minimum atomic E-state index is 0.0108. The van der Waals surface area contributed by atoms with Gasteiger partial charge in [-0.25, -0.2) is 0 Å². The molecule has 2 aromatic rings. The van der Waals surface area contributed by atoms with E-state index >= 15 is 0 Å². The molecule has 0 bridgehead atoms. The van der Waals surface area contributed by atoms with Gasteiger partial charge in [-0.1, -0.05) is 0 Å². The molecule has 23 heavy (non-hydrogen) atoms. The number of aryl methyl sites for hydroxylation is 1. The maximum atomic E-state index is 12.9. The minimum Gasteiger partial charge on any atom is -0.497 e. The average molecular weight is 314 g/mol. The Bertz CT molecular complexity index is 780. The summed E-state index contributed by atoms with van der Waals surface area (Å²) in [5.74, 6) is 1.27. The van der Waals surface area contributed by atoms with Crippen molar-refractivity contribution in [2.45, 2.75) is 31.9 Å². The number of benzene rings is 1. The quantitative estimate of drug-likeness (QED) is 0.946. The van der Waals surface area contributed by atoms with Gasteiger partial charge in [0.05, 0.1) is 18.8 Å². The first-order valence-corrected chi connectivity index (χ1v) is 8.15. The van der Waals surface area contributed by atoms with Crippen LogP contribution in [0.4, 0.5) is 0 Å². The molecule has 0 spiro atoms. The van der Waals surface area contributed by atoms with Gasteiger partial charge in [0.1, 0.15) is 5.75 Å². The van der Waals surface area contributed by atoms with Crippen LogP contribution in [0.25, 0.3) is 10.9 Å². The third-order valence-electron chi connectivity index (χ3n) is 5.51. The first-order valence-electron chi connectivity index (χ1n) is 8.15. The highest BCUT2D eigenvalue weighted by molar-refractivity contribution is 6.08. The molecule has 1 aliphatic carbocycles. The highest BCUT2D eigenvalue weighted by Crippen LogP contribution is 2.39. The van der Waals surface area contributed by atoms with E-state index in [1.165, 1.54) is 0 Å². The van der Waals surface area contributed by atoms with Gasteiger partial charge in [-0.15, -0.1) is 0 Å². The number of carbonyl (C=O) groups excluding carboxylic acids is 1. The molecule has 2 fully saturated rings. The van der Waals surface area contributed by atoms with Gasteiger partial charge in [-0.05, 0) is 38.0 Å². The number of rotatable bonds is 3. The van der Waals surface area contributed by atoms with E-state index in [1.54, 1.807) is 7.11 Å². The lowest BCUT2D eigenvalue weighted by atomic mass is 9.76. The van der Waals surface area contributed by atoms with E-state index < -0.39 is 0 Å². The van der Waals surface area contributed by atoms with Crippen molar-refractivity contribution in [3.63, 3.8) is 0 Å². The van der Waals surface area contributed by atoms with Crippen LogP contribution in [0, 0.1) is 12.8 Å². The maximum absolute atomic E-state index is 12.9. The number of hydrogen-bond donors (Lipinski definition) is 1. The fourth-order valence-electron chi connectivity index (χ4n) is 3.97. The Morgan fingerprint density at radius 3 is 3.00 bits per heavy atom. The minimum absolute atomic E-state index is 0.0108. The van der Waals surface area contributed by atoms with E-state index in [9.17, 15) is 4.79 Å². The first kappa shape index (κ1) is 14.6. The molecule has 4 rings (SSSR count). The van der Waals surface area contributed by atoms with Crippen LogP contribution < -0.4 is 10.1 Å². The molecule has 1 aromatic carbocycles. The molecule has 1 amide bonds. The summed E-state index contributed by atoms with van der Waals surface area (Å²) in [5, 5.41) is 4.16. The van der Waals surface area contributed by atoms with Crippen LogP contribution in [0.15, 0.2) is 18.2 Å². The number of fused-ring (bicyclic) bond motifs is 2. The van der Waals surface area contributed by atoms with Crippen molar-refractivity contribution in [2.75, 3.05) is 13.7 Å². The van der Waals surface area contributed by atoms with Crippen LogP contribution in [-0.2, 0) is 11.8 Å². The van der Waals surface area contributed by atoms with E-state index in [0.717, 1.165) is 47.4 Å². The van der Waals surface area contributed by atoms with Crippen molar-refractivity contribution in [1.82, 2.24) is 9.88 Å². The van der Waals surface area contributed by atoms with E-state index in [2.05, 4.69) is 9.88 Å². The van der Waals surface area contributed by atoms with Crippen molar-refractivity contribution in [3.05, 3.63) is 29.5 Å². The fraction of sp³-hybridized carbons (Fsp3) is 0.500. The smallest absolute Gasteiger partial charge is 0.253 e. The lowest BCUT2D eigenvalue weighted by molar-refractivity contribution is 0.00811. The van der Waals surface area contributed by atoms with Crippen LogP contribution in [0.5, 0.6) is 5.75 Å². The molecular weight excluding hydrogens is 292 g/mol. The zero-order valence-corrected chi connectivity index (χ0v) is 13.8. The number of hydrogen-bond acceptors (Lipinski definition) is 3. The molecule has 122 valence electrons. The van der Waals surface area contributed by atoms with Gasteiger partial charge in [-0.3, -0.25) is 4.79 Å². The number of carbonyl (C=O) groups is 1. The van der Waals surface area contributed by atoms with Crippen molar-refractivity contribution in [2.24, 2.45) is 13.0 Å². The molecule has 1 saturated carbocycles. The Hall–Kier alpha value is -2.01. The SMILES string of the molecule is COc1ccc2c(c1)c(C(=O)N[C@@H]1C[C@H]3OCC[C@@H]13)c(C)n2C. The van der Waals surface area contributed by atoms with Gasteiger partial charge in [0, 0.05) is 42.2 Å². The number of amides is 1. The van der Waals surface area contributed by atoms with Crippen LogP contribution in [0.3, 0.4) is 0 Å². The van der Waals surface area contributed by atoms with Crippen molar-refractivity contribution in [3.8, 4) is 5.75 Å². The summed E-state index contributed by atoms with van der Waals surface area (Å²) in [6, 6.07) is 6.12. The van der Waals surface area contributed by atoms with Crippen molar-refractivity contribution >= 4 is 16.8 Å². The Balaban J connectivity index is 1.67. The molecule has 3 atom stereocenters. The largest absolute Gasteiger partial charge is 0.497 e. The summed E-state index contributed by atoms with van der Waals surface area (Å²) in [6.45, 7) is 2.82. The second-order valence-corrected chi connectivity index (χ2v) is 6.58. The lowest BCUT2D eigenvalue weighted by Crippen LogP contribution is -2.53. The number of nitrogens with one attached hydrogen (secondary N) is 1. The summed E-state index contributed by atoms with van der Waals surface area (Å²) in [7, 11) is 3.64. The number of nitrogens with zero attached hydrogens (tertiary/aromatic N) is 1. The van der Waals surface area contributed by atoms with E-state index in [-0.39, 0.29) is 11.9 Å². The molecule has 1 aromatic heterocycles. The summed E-state index contributed by atoms with van der Waals surface area (Å²) < 4.78 is 13.0. The molecule has 0 unspecified atom stereocenters. The first-order chi connectivity index (χ1) is 11.1. The predicted octanol–water partition coefficient (Wildman–Crippen LogP) is 2.40. The number of ether oxygens (including phenoxy) is 2. The third-order valence-corrected chi connectivity index (χ3v) is 5.51. The van der Waals surface area contributed by atoms with Crippen LogP contribution in [0.2, 0.25) is 0 Å². The van der Waals surface area contributed by atoms with E-state index in [1.807, 2.05) is 32.2 Å². The molecular formula is C18H22N2O3. The van der Waals surface area contributed by atoms with Crippen molar-refractivity contribution in [1.29, 1.82) is 0 Å². The van der Waals surface area contributed by atoms with Gasteiger partial charge in [0.2, 0.25) is 0 Å². The topological polar surface area (TPSA) is 52.5 Å². The summed E-state index contributed by atoms with van der Waals surface area (Å²) in [5.41, 5.74) is 2.78. The molecule has 5 nitrogen and oxygen atoms in total. The molecule has 2 heterocycles. The van der Waals surface area contributed by atoms with E-state index in [4.69, 9.17) is 9.47 Å². The van der Waals surface area contributed by atoms with E-state index in [0.29, 0.717) is 12.0 Å². The monoisotopic (exact) mass is 314 g/mol. The Morgan fingerprint density at radius 2 is 2.26 bits per heavy atom. The summed E-state index contributed by atoms with van der Waals surface area (Å²) in [6.07, 6.45) is 2.34. The molecule has 5 heteroatoms. The Kier molecular flexibility index (Phi) is 3.34. The molecule has 1 aliphatic heterocycles.